The lowest BCUT2D eigenvalue weighted by molar-refractivity contribution is 0.437. The number of rotatable bonds is 3. The molecular weight excluding hydrogens is 391 g/mol. The van der Waals surface area contributed by atoms with E-state index in [1.807, 2.05) is 60.7 Å². The fourth-order valence-corrected chi connectivity index (χ4v) is 6.50. The molecule has 0 fully saturated rings. The van der Waals surface area contributed by atoms with Crippen LogP contribution < -0.4 is 9.83 Å². The van der Waals surface area contributed by atoms with Crippen molar-refractivity contribution in [1.29, 1.82) is 0 Å². The van der Waals surface area contributed by atoms with E-state index in [1.165, 1.54) is 0 Å². The number of hydrogen-bond acceptors (Lipinski definition) is 3. The van der Waals surface area contributed by atoms with Crippen LogP contribution in [0.2, 0.25) is 0 Å². The highest BCUT2D eigenvalue weighted by Crippen LogP contribution is 2.57. The number of phenols is 1. The van der Waals surface area contributed by atoms with Gasteiger partial charge in [0.05, 0.1) is 11.5 Å². The van der Waals surface area contributed by atoms with Gasteiger partial charge in [-0.2, -0.15) is 0 Å². The zero-order valence-electron chi connectivity index (χ0n) is 18.3. The van der Waals surface area contributed by atoms with Crippen LogP contribution in [-0.2, 0) is 16.1 Å². The summed E-state index contributed by atoms with van der Waals surface area (Å²) >= 11 is 0. The number of para-hydroxylation sites is 1. The van der Waals surface area contributed by atoms with E-state index in [0.717, 1.165) is 33.1 Å². The van der Waals surface area contributed by atoms with Gasteiger partial charge < -0.3 is 9.63 Å². The molecule has 3 aromatic carbocycles. The average molecular weight is 420 g/mol. The summed E-state index contributed by atoms with van der Waals surface area (Å²) in [6.07, 6.45) is 0.293. The van der Waals surface area contributed by atoms with Gasteiger partial charge in [0.2, 0.25) is 0 Å². The molecule has 4 heteroatoms. The number of fused-ring (bicyclic) bond motifs is 3. The predicted octanol–water partition coefficient (Wildman–Crippen LogP) is 6.98. The standard InChI is InChI=1S/C26H29O3P/c1-17(2)21-14-18(15-22(25(21)27)26(3,4)5)16-30(28)24-13-9-7-11-20(24)19-10-6-8-12-23(19)29-30/h6-15,17,27H,16H2,1-5H3. The fourth-order valence-electron chi connectivity index (χ4n) is 4.16. The topological polar surface area (TPSA) is 46.5 Å². The highest BCUT2D eigenvalue weighted by Gasteiger charge is 2.36. The van der Waals surface area contributed by atoms with Crippen molar-refractivity contribution in [2.24, 2.45) is 0 Å². The Morgan fingerprint density at radius 2 is 1.60 bits per heavy atom. The Morgan fingerprint density at radius 1 is 0.967 bits per heavy atom. The molecule has 0 radical (unpaired) electrons. The molecule has 0 saturated heterocycles. The molecule has 0 saturated carbocycles. The number of phenolic OH excluding ortho intramolecular Hbond substituents is 1. The van der Waals surface area contributed by atoms with E-state index in [0.29, 0.717) is 17.7 Å². The molecule has 0 aliphatic carbocycles. The Bertz CT molecular complexity index is 1160. The summed E-state index contributed by atoms with van der Waals surface area (Å²) in [5.41, 5.74) is 4.41. The SMILES string of the molecule is CC(C)c1cc(CP2(=O)Oc3ccccc3-c3ccccc32)cc(C(C)(C)C)c1O. The van der Waals surface area contributed by atoms with Gasteiger partial charge in [0.25, 0.3) is 7.37 Å². The van der Waals surface area contributed by atoms with Gasteiger partial charge in [-0.1, -0.05) is 83.1 Å². The molecule has 0 spiro atoms. The van der Waals surface area contributed by atoms with Crippen LogP contribution in [0.25, 0.3) is 11.1 Å². The van der Waals surface area contributed by atoms with Gasteiger partial charge in [0, 0.05) is 5.56 Å². The lowest BCUT2D eigenvalue weighted by Crippen LogP contribution is -2.19. The van der Waals surface area contributed by atoms with Crippen LogP contribution in [0, 0.1) is 0 Å². The van der Waals surface area contributed by atoms with E-state index >= 15 is 0 Å². The first-order valence-electron chi connectivity index (χ1n) is 10.4. The first kappa shape index (κ1) is 20.8. The Hall–Kier alpha value is -2.51. The summed E-state index contributed by atoms with van der Waals surface area (Å²) in [7, 11) is -3.18. The van der Waals surface area contributed by atoms with E-state index in [-0.39, 0.29) is 11.3 Å². The van der Waals surface area contributed by atoms with Gasteiger partial charge in [-0.3, -0.25) is 4.57 Å². The summed E-state index contributed by atoms with van der Waals surface area (Å²) in [4.78, 5) is 0. The van der Waals surface area contributed by atoms with Crippen molar-refractivity contribution >= 4 is 12.7 Å². The molecule has 0 amide bonds. The minimum absolute atomic E-state index is 0.160. The maximum Gasteiger partial charge on any atom is 0.282 e. The van der Waals surface area contributed by atoms with Crippen LogP contribution in [0.1, 0.15) is 57.2 Å². The first-order chi connectivity index (χ1) is 14.1. The van der Waals surface area contributed by atoms with E-state index in [2.05, 4.69) is 34.6 Å². The number of hydrogen-bond donors (Lipinski definition) is 1. The molecule has 3 aromatic rings. The molecule has 1 heterocycles. The van der Waals surface area contributed by atoms with Crippen molar-refractivity contribution in [2.75, 3.05) is 0 Å². The molecule has 30 heavy (non-hydrogen) atoms. The van der Waals surface area contributed by atoms with E-state index in [9.17, 15) is 9.67 Å². The van der Waals surface area contributed by atoms with Crippen LogP contribution in [0.15, 0.2) is 60.7 Å². The fraction of sp³-hybridized carbons (Fsp3) is 0.308. The summed E-state index contributed by atoms with van der Waals surface area (Å²) in [5, 5.41) is 11.6. The Labute approximate surface area is 179 Å². The molecule has 156 valence electrons. The summed E-state index contributed by atoms with van der Waals surface area (Å²) in [6, 6.07) is 19.6. The average Bonchev–Trinajstić information content (AvgIpc) is 2.68. The van der Waals surface area contributed by atoms with Crippen molar-refractivity contribution in [1.82, 2.24) is 0 Å². The molecule has 1 aliphatic heterocycles. The normalized spacial score (nSPS) is 17.9. The summed E-state index contributed by atoms with van der Waals surface area (Å²) in [5.74, 6) is 1.17. The number of aromatic hydroxyl groups is 1. The second kappa shape index (κ2) is 7.32. The largest absolute Gasteiger partial charge is 0.507 e. The molecule has 4 rings (SSSR count). The molecule has 1 N–H and O–H groups in total. The van der Waals surface area contributed by atoms with Crippen LogP contribution in [-0.4, -0.2) is 5.11 Å². The van der Waals surface area contributed by atoms with Gasteiger partial charge in [0.1, 0.15) is 11.5 Å². The minimum atomic E-state index is -3.18. The van der Waals surface area contributed by atoms with Gasteiger partial charge >= 0.3 is 0 Å². The van der Waals surface area contributed by atoms with Crippen molar-refractivity contribution in [2.45, 2.75) is 52.1 Å². The highest BCUT2D eigenvalue weighted by molar-refractivity contribution is 7.67. The maximum absolute atomic E-state index is 14.2. The predicted molar refractivity (Wildman–Crippen MR) is 124 cm³/mol. The third kappa shape index (κ3) is 3.56. The molecule has 1 atom stereocenters. The van der Waals surface area contributed by atoms with E-state index in [1.54, 1.807) is 0 Å². The van der Waals surface area contributed by atoms with E-state index in [4.69, 9.17) is 4.52 Å². The van der Waals surface area contributed by atoms with Gasteiger partial charge in [-0.05, 0) is 45.7 Å². The zero-order chi connectivity index (χ0) is 21.7. The van der Waals surface area contributed by atoms with Crippen molar-refractivity contribution in [3.63, 3.8) is 0 Å². The van der Waals surface area contributed by atoms with Crippen LogP contribution in [0.4, 0.5) is 0 Å². The molecule has 1 aliphatic rings. The zero-order valence-corrected chi connectivity index (χ0v) is 19.2. The van der Waals surface area contributed by atoms with Crippen molar-refractivity contribution in [3.05, 3.63) is 77.4 Å². The smallest absolute Gasteiger partial charge is 0.282 e. The van der Waals surface area contributed by atoms with Gasteiger partial charge in [0.15, 0.2) is 0 Å². The summed E-state index contributed by atoms with van der Waals surface area (Å²) < 4.78 is 20.4. The number of benzene rings is 3. The van der Waals surface area contributed by atoms with Gasteiger partial charge in [-0.15, -0.1) is 0 Å². The molecular formula is C26H29O3P. The maximum atomic E-state index is 14.2. The Kier molecular flexibility index (Phi) is 5.06. The van der Waals surface area contributed by atoms with Crippen molar-refractivity contribution < 1.29 is 14.2 Å². The molecule has 1 unspecified atom stereocenters. The van der Waals surface area contributed by atoms with Crippen LogP contribution in [0.3, 0.4) is 0 Å². The third-order valence-corrected chi connectivity index (χ3v) is 8.11. The lowest BCUT2D eigenvalue weighted by Gasteiger charge is -2.30. The van der Waals surface area contributed by atoms with Crippen LogP contribution in [0.5, 0.6) is 11.5 Å². The summed E-state index contributed by atoms with van der Waals surface area (Å²) in [6.45, 7) is 10.4. The van der Waals surface area contributed by atoms with E-state index < -0.39 is 7.37 Å². The van der Waals surface area contributed by atoms with Crippen LogP contribution >= 0.6 is 7.37 Å². The third-order valence-electron chi connectivity index (χ3n) is 5.71. The second-order valence-electron chi connectivity index (χ2n) is 9.42. The highest BCUT2D eigenvalue weighted by atomic mass is 31.2. The second-order valence-corrected chi connectivity index (χ2v) is 11.7. The quantitative estimate of drug-likeness (QED) is 0.465. The molecule has 0 aromatic heterocycles. The monoisotopic (exact) mass is 420 g/mol. The molecule has 3 nitrogen and oxygen atoms in total. The Balaban J connectivity index is 1.85. The van der Waals surface area contributed by atoms with Crippen molar-refractivity contribution in [3.8, 4) is 22.6 Å². The minimum Gasteiger partial charge on any atom is -0.507 e. The molecule has 0 bridgehead atoms. The lowest BCUT2D eigenvalue weighted by atomic mass is 9.82. The van der Waals surface area contributed by atoms with Gasteiger partial charge in [-0.25, -0.2) is 0 Å². The first-order valence-corrected chi connectivity index (χ1v) is 12.2. The Morgan fingerprint density at radius 3 is 2.27 bits per heavy atom.